The summed E-state index contributed by atoms with van der Waals surface area (Å²) in [6.45, 7) is 11.2. The third kappa shape index (κ3) is 5.26. The number of carbonyl (C=O) groups is 1. The lowest BCUT2D eigenvalue weighted by molar-refractivity contribution is -0.384. The number of ether oxygens (including phenoxy) is 1. The number of hydrogen-bond donors (Lipinski definition) is 2. The van der Waals surface area contributed by atoms with Crippen LogP contribution in [0.5, 0.6) is 11.5 Å². The van der Waals surface area contributed by atoms with Crippen LogP contribution in [0.3, 0.4) is 0 Å². The maximum absolute atomic E-state index is 12.5. The molecule has 0 aromatic heterocycles. The van der Waals surface area contributed by atoms with Gasteiger partial charge >= 0.3 is 6.09 Å². The summed E-state index contributed by atoms with van der Waals surface area (Å²) in [5.74, 6) is 0.798. The molecule has 34 heavy (non-hydrogen) atoms. The van der Waals surface area contributed by atoms with Crippen LogP contribution in [0, 0.1) is 20.9 Å². The molecule has 1 fully saturated rings. The van der Waals surface area contributed by atoms with Crippen molar-refractivity contribution in [3.63, 3.8) is 0 Å². The number of nitro benzene ring substituents is 1. The number of anilines is 1. The average molecular weight is 470 g/mol. The molecule has 0 spiro atoms. The van der Waals surface area contributed by atoms with Gasteiger partial charge in [0, 0.05) is 6.54 Å². The molecule has 0 unspecified atom stereocenters. The number of carboxylic acid groups (broad SMARTS) is 1. The molecule has 184 valence electrons. The predicted molar refractivity (Wildman–Crippen MR) is 132 cm³/mol. The summed E-state index contributed by atoms with van der Waals surface area (Å²) in [6, 6.07) is 11.4. The zero-order valence-electron chi connectivity index (χ0n) is 20.6. The minimum absolute atomic E-state index is 0.0698. The van der Waals surface area contributed by atoms with Crippen molar-refractivity contribution in [1.82, 2.24) is 4.90 Å². The van der Waals surface area contributed by atoms with Crippen molar-refractivity contribution in [1.29, 1.82) is 0 Å². The second-order valence-corrected chi connectivity index (χ2v) is 11.0. The van der Waals surface area contributed by atoms with Crippen LogP contribution in [-0.4, -0.2) is 26.6 Å². The monoisotopic (exact) mass is 469 g/mol. The first-order valence-corrected chi connectivity index (χ1v) is 11.6. The number of rotatable bonds is 6. The van der Waals surface area contributed by atoms with Crippen molar-refractivity contribution in [2.45, 2.75) is 72.4 Å². The van der Waals surface area contributed by atoms with Gasteiger partial charge in [0.25, 0.3) is 5.69 Å². The largest absolute Gasteiger partial charge is 0.465 e. The third-order valence-electron chi connectivity index (χ3n) is 7.27. The smallest absolute Gasteiger partial charge is 0.408 e. The summed E-state index contributed by atoms with van der Waals surface area (Å²) >= 11 is 0. The topological polar surface area (TPSA) is 119 Å². The molecule has 1 amide bonds. The maximum atomic E-state index is 12.5. The van der Waals surface area contributed by atoms with Gasteiger partial charge in [-0.25, -0.2) is 4.79 Å². The molecule has 0 heterocycles. The Kier molecular flexibility index (Phi) is 6.82. The Morgan fingerprint density at radius 2 is 1.65 bits per heavy atom. The molecule has 0 atom stereocenters. The SMILES string of the molecule is CC1(C)CCC(N(Cc2ccc(Oc3ccc(N)c([N+](=O)[O-])c3)cc2)C(=O)O)(C(C)(C)C)CC1. The van der Waals surface area contributed by atoms with E-state index in [-0.39, 0.29) is 28.7 Å². The van der Waals surface area contributed by atoms with E-state index in [0.717, 1.165) is 31.2 Å². The van der Waals surface area contributed by atoms with Crippen molar-refractivity contribution in [2.24, 2.45) is 10.8 Å². The third-order valence-corrected chi connectivity index (χ3v) is 7.27. The van der Waals surface area contributed by atoms with E-state index >= 15 is 0 Å². The first-order valence-electron chi connectivity index (χ1n) is 11.6. The van der Waals surface area contributed by atoms with Gasteiger partial charge in [0.2, 0.25) is 0 Å². The molecule has 8 heteroatoms. The van der Waals surface area contributed by atoms with Gasteiger partial charge in [0.1, 0.15) is 17.2 Å². The highest BCUT2D eigenvalue weighted by molar-refractivity contribution is 5.66. The summed E-state index contributed by atoms with van der Waals surface area (Å²) in [6.07, 6.45) is 2.70. The first-order chi connectivity index (χ1) is 15.7. The van der Waals surface area contributed by atoms with Gasteiger partial charge in [0.05, 0.1) is 16.5 Å². The van der Waals surface area contributed by atoms with Crippen LogP contribution in [-0.2, 0) is 6.54 Å². The Morgan fingerprint density at radius 3 is 2.15 bits per heavy atom. The van der Waals surface area contributed by atoms with E-state index < -0.39 is 16.6 Å². The fourth-order valence-corrected chi connectivity index (χ4v) is 4.89. The van der Waals surface area contributed by atoms with E-state index in [1.807, 2.05) is 12.1 Å². The van der Waals surface area contributed by atoms with Crippen molar-refractivity contribution in [3.05, 3.63) is 58.1 Å². The van der Waals surface area contributed by atoms with Crippen LogP contribution in [0.25, 0.3) is 0 Å². The molecule has 1 aliphatic carbocycles. The lowest BCUT2D eigenvalue weighted by Gasteiger charge is -2.56. The molecule has 2 aromatic rings. The minimum atomic E-state index is -0.913. The van der Waals surface area contributed by atoms with Crippen LogP contribution >= 0.6 is 0 Å². The normalized spacial score (nSPS) is 17.1. The number of nitro groups is 1. The summed E-state index contributed by atoms with van der Waals surface area (Å²) in [5, 5.41) is 21.3. The van der Waals surface area contributed by atoms with Crippen molar-refractivity contribution in [2.75, 3.05) is 5.73 Å². The van der Waals surface area contributed by atoms with E-state index in [1.54, 1.807) is 23.1 Å². The molecule has 1 aliphatic rings. The van der Waals surface area contributed by atoms with Gasteiger partial charge in [-0.15, -0.1) is 0 Å². The van der Waals surface area contributed by atoms with Crippen molar-refractivity contribution in [3.8, 4) is 11.5 Å². The molecule has 0 bridgehead atoms. The van der Waals surface area contributed by atoms with Crippen molar-refractivity contribution < 1.29 is 19.6 Å². The lowest BCUT2D eigenvalue weighted by atomic mass is 9.59. The number of nitrogens with two attached hydrogens (primary N) is 1. The number of amides is 1. The Morgan fingerprint density at radius 1 is 1.09 bits per heavy atom. The van der Waals surface area contributed by atoms with Gasteiger partial charge < -0.3 is 15.6 Å². The molecule has 2 aromatic carbocycles. The zero-order valence-corrected chi connectivity index (χ0v) is 20.6. The molecule has 0 radical (unpaired) electrons. The molecule has 8 nitrogen and oxygen atoms in total. The molecule has 3 rings (SSSR count). The Balaban J connectivity index is 1.81. The Bertz CT molecular complexity index is 1050. The predicted octanol–water partition coefficient (Wildman–Crippen LogP) is 6.83. The number of hydrogen-bond acceptors (Lipinski definition) is 5. The fraction of sp³-hybridized carbons (Fsp3) is 0.500. The van der Waals surface area contributed by atoms with E-state index in [1.165, 1.54) is 12.1 Å². The van der Waals surface area contributed by atoms with Gasteiger partial charge in [-0.05, 0) is 66.3 Å². The van der Waals surface area contributed by atoms with Crippen molar-refractivity contribution >= 4 is 17.5 Å². The first kappa shape index (κ1) is 25.3. The molecule has 0 saturated heterocycles. The number of nitrogen functional groups attached to an aromatic ring is 1. The average Bonchev–Trinajstić information content (AvgIpc) is 2.74. The van der Waals surface area contributed by atoms with E-state index in [4.69, 9.17) is 10.5 Å². The van der Waals surface area contributed by atoms with Crippen LogP contribution in [0.4, 0.5) is 16.2 Å². The van der Waals surface area contributed by atoms with Gasteiger partial charge in [-0.1, -0.05) is 46.8 Å². The zero-order chi connectivity index (χ0) is 25.3. The fourth-order valence-electron chi connectivity index (χ4n) is 4.89. The molecular weight excluding hydrogens is 434 g/mol. The summed E-state index contributed by atoms with van der Waals surface area (Å²) in [4.78, 5) is 24.7. The Hall–Kier alpha value is -3.29. The molecule has 3 N–H and O–H groups in total. The molecule has 0 aliphatic heterocycles. The van der Waals surface area contributed by atoms with Gasteiger partial charge in [0.15, 0.2) is 0 Å². The number of nitrogens with zero attached hydrogens (tertiary/aromatic N) is 2. The Labute approximate surface area is 200 Å². The van der Waals surface area contributed by atoms with Crippen LogP contribution < -0.4 is 10.5 Å². The molecular formula is C26H35N3O5. The second kappa shape index (κ2) is 9.16. The van der Waals surface area contributed by atoms with Crippen LogP contribution in [0.2, 0.25) is 0 Å². The summed E-state index contributed by atoms with van der Waals surface area (Å²) < 4.78 is 5.75. The molecule has 1 saturated carbocycles. The van der Waals surface area contributed by atoms with E-state index in [0.29, 0.717) is 11.5 Å². The van der Waals surface area contributed by atoms with Gasteiger partial charge in [-0.2, -0.15) is 0 Å². The van der Waals surface area contributed by atoms with Crippen LogP contribution in [0.1, 0.15) is 65.9 Å². The van der Waals surface area contributed by atoms with E-state index in [9.17, 15) is 20.0 Å². The second-order valence-electron chi connectivity index (χ2n) is 11.0. The maximum Gasteiger partial charge on any atom is 0.408 e. The highest BCUT2D eigenvalue weighted by Gasteiger charge is 2.51. The summed E-state index contributed by atoms with van der Waals surface area (Å²) in [5.41, 5.74) is 5.90. The lowest BCUT2D eigenvalue weighted by Crippen LogP contribution is -2.60. The standard InChI is InChI=1S/C26H35N3O5/c1-24(2,3)26(14-12-25(4,5)13-15-26)28(23(30)31)17-18-6-8-19(9-7-18)34-20-10-11-21(27)22(16-20)29(32)33/h6-11,16H,12-15,17,27H2,1-5H3,(H,30,31). The quantitative estimate of drug-likeness (QED) is 0.272. The summed E-state index contributed by atoms with van der Waals surface area (Å²) in [7, 11) is 0. The van der Waals surface area contributed by atoms with Gasteiger partial charge in [-0.3, -0.25) is 15.0 Å². The van der Waals surface area contributed by atoms with E-state index in [2.05, 4.69) is 34.6 Å². The minimum Gasteiger partial charge on any atom is -0.465 e. The highest BCUT2D eigenvalue weighted by Crippen LogP contribution is 2.51. The number of benzene rings is 2. The van der Waals surface area contributed by atoms with Crippen LogP contribution in [0.15, 0.2) is 42.5 Å². The highest BCUT2D eigenvalue weighted by atomic mass is 16.6.